The van der Waals surface area contributed by atoms with Gasteiger partial charge in [-0.3, -0.25) is 0 Å². The Morgan fingerprint density at radius 1 is 1.33 bits per heavy atom. The summed E-state index contributed by atoms with van der Waals surface area (Å²) in [5.41, 5.74) is 0. The van der Waals surface area contributed by atoms with Crippen molar-refractivity contribution >= 4 is 0 Å². The Kier molecular flexibility index (Phi) is 4.42. The maximum absolute atomic E-state index is 2.38. The number of rotatable bonds is 2. The van der Waals surface area contributed by atoms with Crippen LogP contribution < -0.4 is 0 Å². The maximum atomic E-state index is 2.38. The van der Waals surface area contributed by atoms with E-state index in [-0.39, 0.29) is 0 Å². The van der Waals surface area contributed by atoms with Crippen molar-refractivity contribution in [2.45, 2.75) is 52.4 Å². The van der Waals surface area contributed by atoms with Gasteiger partial charge in [0.25, 0.3) is 0 Å². The third-order valence-electron chi connectivity index (χ3n) is 3.02. The van der Waals surface area contributed by atoms with Crippen molar-refractivity contribution in [2.24, 2.45) is 5.92 Å². The first-order chi connectivity index (χ1) is 5.84. The summed E-state index contributed by atoms with van der Waals surface area (Å²) in [6, 6.07) is 0. The third kappa shape index (κ3) is 3.00. The topological polar surface area (TPSA) is 0 Å². The van der Waals surface area contributed by atoms with Crippen LogP contribution in [-0.2, 0) is 0 Å². The number of allylic oxidation sites excluding steroid dienone is 2. The van der Waals surface area contributed by atoms with E-state index in [1.54, 1.807) is 5.92 Å². The highest BCUT2D eigenvalue weighted by Gasteiger charge is 2.14. The van der Waals surface area contributed by atoms with Crippen LogP contribution in [0.4, 0.5) is 0 Å². The summed E-state index contributed by atoms with van der Waals surface area (Å²) in [7, 11) is 0. The van der Waals surface area contributed by atoms with Crippen LogP contribution in [0.15, 0.2) is 12.2 Å². The summed E-state index contributed by atoms with van der Waals surface area (Å²) in [4.78, 5) is 0. The van der Waals surface area contributed by atoms with Gasteiger partial charge in [0.2, 0.25) is 0 Å². The molecule has 0 heterocycles. The molecule has 1 radical (unpaired) electrons. The van der Waals surface area contributed by atoms with Crippen molar-refractivity contribution in [3.63, 3.8) is 0 Å². The summed E-state index contributed by atoms with van der Waals surface area (Å²) in [5.74, 6) is 2.58. The van der Waals surface area contributed by atoms with E-state index < -0.39 is 0 Å². The lowest BCUT2D eigenvalue weighted by Crippen LogP contribution is -2.09. The summed E-state index contributed by atoms with van der Waals surface area (Å²) >= 11 is 0. The molecule has 0 bridgehead atoms. The van der Waals surface area contributed by atoms with E-state index in [4.69, 9.17) is 0 Å². The van der Waals surface area contributed by atoms with Gasteiger partial charge < -0.3 is 0 Å². The van der Waals surface area contributed by atoms with Crippen LogP contribution in [0.25, 0.3) is 0 Å². The molecule has 0 amide bonds. The quantitative estimate of drug-likeness (QED) is 0.540. The maximum Gasteiger partial charge on any atom is -0.0241 e. The largest absolute Gasteiger partial charge is 0.0885 e. The predicted octanol–water partition coefficient (Wildman–Crippen LogP) is 4.13. The third-order valence-corrected chi connectivity index (χ3v) is 3.02. The molecule has 1 rings (SSSR count). The zero-order valence-corrected chi connectivity index (χ0v) is 8.47. The zero-order chi connectivity index (χ0) is 8.81. The SMILES string of the molecule is CC[C](C)C1C/C=C\CCCC1. The number of hydrogen-bond donors (Lipinski definition) is 0. The summed E-state index contributed by atoms with van der Waals surface area (Å²) in [6.07, 6.45) is 12.8. The van der Waals surface area contributed by atoms with Gasteiger partial charge >= 0.3 is 0 Å². The Labute approximate surface area is 77.1 Å². The zero-order valence-electron chi connectivity index (χ0n) is 8.47. The molecule has 1 unspecified atom stereocenters. The minimum atomic E-state index is 0.881. The van der Waals surface area contributed by atoms with Crippen molar-refractivity contribution < 1.29 is 0 Å². The molecule has 1 atom stereocenters. The smallest absolute Gasteiger partial charge is 0.0241 e. The number of hydrogen-bond acceptors (Lipinski definition) is 0. The van der Waals surface area contributed by atoms with Crippen LogP contribution >= 0.6 is 0 Å². The molecule has 0 N–H and O–H groups in total. The second kappa shape index (κ2) is 5.40. The summed E-state index contributed by atoms with van der Waals surface area (Å²) < 4.78 is 0. The lowest BCUT2D eigenvalue weighted by atomic mass is 9.83. The highest BCUT2D eigenvalue weighted by atomic mass is 14.2. The fraction of sp³-hybridized carbons (Fsp3) is 0.750. The van der Waals surface area contributed by atoms with Gasteiger partial charge in [0.1, 0.15) is 0 Å². The second-order valence-electron chi connectivity index (χ2n) is 3.89. The van der Waals surface area contributed by atoms with Crippen molar-refractivity contribution in [3.05, 3.63) is 18.1 Å². The molecule has 0 aliphatic heterocycles. The molecule has 0 aromatic heterocycles. The van der Waals surface area contributed by atoms with Crippen LogP contribution in [-0.4, -0.2) is 0 Å². The molecule has 0 fully saturated rings. The molecular weight excluding hydrogens is 144 g/mol. The lowest BCUT2D eigenvalue weighted by molar-refractivity contribution is 0.457. The lowest BCUT2D eigenvalue weighted by Gasteiger charge is -2.22. The van der Waals surface area contributed by atoms with Crippen LogP contribution in [0.3, 0.4) is 0 Å². The highest BCUT2D eigenvalue weighted by molar-refractivity contribution is 4.97. The van der Waals surface area contributed by atoms with Gasteiger partial charge in [-0.05, 0) is 43.9 Å². The molecule has 0 heteroatoms. The minimum absolute atomic E-state index is 0.881. The first-order valence-corrected chi connectivity index (χ1v) is 5.32. The molecule has 0 aromatic carbocycles. The second-order valence-corrected chi connectivity index (χ2v) is 3.89. The van der Waals surface area contributed by atoms with Crippen LogP contribution in [0, 0.1) is 11.8 Å². The fourth-order valence-electron chi connectivity index (χ4n) is 1.89. The Morgan fingerprint density at radius 3 is 2.92 bits per heavy atom. The van der Waals surface area contributed by atoms with E-state index in [1.165, 1.54) is 38.5 Å². The van der Waals surface area contributed by atoms with Crippen molar-refractivity contribution in [3.8, 4) is 0 Å². The van der Waals surface area contributed by atoms with E-state index in [9.17, 15) is 0 Å². The van der Waals surface area contributed by atoms with E-state index in [0.717, 1.165) is 5.92 Å². The summed E-state index contributed by atoms with van der Waals surface area (Å²) in [6.45, 7) is 4.60. The van der Waals surface area contributed by atoms with Gasteiger partial charge in [-0.2, -0.15) is 0 Å². The first-order valence-electron chi connectivity index (χ1n) is 5.32. The van der Waals surface area contributed by atoms with E-state index >= 15 is 0 Å². The van der Waals surface area contributed by atoms with Crippen LogP contribution in [0.1, 0.15) is 52.4 Å². The highest BCUT2D eigenvalue weighted by Crippen LogP contribution is 2.28. The molecule has 12 heavy (non-hydrogen) atoms. The van der Waals surface area contributed by atoms with Gasteiger partial charge in [-0.25, -0.2) is 0 Å². The average Bonchev–Trinajstić information content (AvgIpc) is 2.02. The molecule has 0 aromatic rings. The summed E-state index contributed by atoms with van der Waals surface area (Å²) in [5, 5.41) is 0. The van der Waals surface area contributed by atoms with Crippen LogP contribution in [0.2, 0.25) is 0 Å². The van der Waals surface area contributed by atoms with Crippen molar-refractivity contribution in [1.82, 2.24) is 0 Å². The van der Waals surface area contributed by atoms with Gasteiger partial charge in [0.05, 0.1) is 0 Å². The van der Waals surface area contributed by atoms with Gasteiger partial charge in [0, 0.05) is 0 Å². The van der Waals surface area contributed by atoms with Gasteiger partial charge in [0.15, 0.2) is 0 Å². The fourth-order valence-corrected chi connectivity index (χ4v) is 1.89. The first kappa shape index (κ1) is 9.83. The van der Waals surface area contributed by atoms with Crippen LogP contribution in [0.5, 0.6) is 0 Å². The molecule has 0 nitrogen and oxygen atoms in total. The van der Waals surface area contributed by atoms with E-state index in [2.05, 4.69) is 26.0 Å². The molecule has 1 aliphatic rings. The van der Waals surface area contributed by atoms with Gasteiger partial charge in [-0.15, -0.1) is 0 Å². The predicted molar refractivity (Wildman–Crippen MR) is 54.9 cm³/mol. The standard InChI is InChI=1S/C12H21/c1-3-11(2)12-9-7-5-4-6-8-10-12/h5,7,12H,3-4,6,8-10H2,1-2H3/b7-5-. The molecule has 69 valence electrons. The molecule has 0 saturated carbocycles. The molecule has 1 aliphatic carbocycles. The molecular formula is C12H21. The Bertz CT molecular complexity index is 135. The normalized spacial score (nSPS) is 28.1. The minimum Gasteiger partial charge on any atom is -0.0885 e. The molecule has 0 spiro atoms. The van der Waals surface area contributed by atoms with Crippen molar-refractivity contribution in [2.75, 3.05) is 0 Å². The monoisotopic (exact) mass is 165 g/mol. The van der Waals surface area contributed by atoms with E-state index in [1.807, 2.05) is 0 Å². The van der Waals surface area contributed by atoms with Gasteiger partial charge in [-0.1, -0.05) is 32.4 Å². The average molecular weight is 165 g/mol. The van der Waals surface area contributed by atoms with Crippen molar-refractivity contribution in [1.29, 1.82) is 0 Å². The Hall–Kier alpha value is -0.260. The Morgan fingerprint density at radius 2 is 2.17 bits per heavy atom. The van der Waals surface area contributed by atoms with E-state index in [0.29, 0.717) is 0 Å². The molecule has 0 saturated heterocycles. The Balaban J connectivity index is 2.39.